The number of hydrogen-bond acceptors (Lipinski definition) is 3. The molecular weight excluding hydrogens is 226 g/mol. The molecule has 1 aliphatic rings. The van der Waals surface area contributed by atoms with Crippen molar-refractivity contribution in [2.75, 3.05) is 25.6 Å². The third-order valence-corrected chi connectivity index (χ3v) is 3.01. The fraction of sp³-hybridized carbons (Fsp3) is 0.500. The summed E-state index contributed by atoms with van der Waals surface area (Å²) in [5, 5.41) is 3.94. The van der Waals surface area contributed by atoms with Crippen LogP contribution in [0.5, 0.6) is 5.75 Å². The number of methoxy groups -OCH3 is 1. The summed E-state index contributed by atoms with van der Waals surface area (Å²) in [6.45, 7) is 1.72. The van der Waals surface area contributed by atoms with Gasteiger partial charge in [0.15, 0.2) is 0 Å². The number of halogens is 1. The Kier molecular flexibility index (Phi) is 3.91. The highest BCUT2D eigenvalue weighted by Gasteiger charge is 2.14. The molecule has 2 rings (SSSR count). The summed E-state index contributed by atoms with van der Waals surface area (Å²) in [6, 6.07) is 5.69. The Labute approximate surface area is 101 Å². The van der Waals surface area contributed by atoms with Gasteiger partial charge in [-0.25, -0.2) is 0 Å². The molecule has 1 fully saturated rings. The Morgan fingerprint density at radius 3 is 3.06 bits per heavy atom. The molecule has 1 N–H and O–H groups in total. The molecule has 0 saturated carbocycles. The van der Waals surface area contributed by atoms with Gasteiger partial charge in [0.05, 0.1) is 18.2 Å². The van der Waals surface area contributed by atoms with Gasteiger partial charge in [0.2, 0.25) is 0 Å². The van der Waals surface area contributed by atoms with Crippen molar-refractivity contribution in [2.45, 2.75) is 18.9 Å². The zero-order valence-electron chi connectivity index (χ0n) is 9.33. The van der Waals surface area contributed by atoms with E-state index in [1.807, 2.05) is 18.2 Å². The van der Waals surface area contributed by atoms with E-state index in [0.717, 1.165) is 31.7 Å². The van der Waals surface area contributed by atoms with Crippen LogP contribution in [0.25, 0.3) is 0 Å². The second-order valence-electron chi connectivity index (χ2n) is 3.87. The van der Waals surface area contributed by atoms with Gasteiger partial charge in [-0.05, 0) is 31.0 Å². The molecule has 1 saturated heterocycles. The summed E-state index contributed by atoms with van der Waals surface area (Å²) in [4.78, 5) is 0. The third kappa shape index (κ3) is 2.80. The lowest BCUT2D eigenvalue weighted by molar-refractivity contribution is 0.120. The number of anilines is 1. The van der Waals surface area contributed by atoms with Gasteiger partial charge in [-0.3, -0.25) is 0 Å². The highest BCUT2D eigenvalue weighted by molar-refractivity contribution is 6.32. The Morgan fingerprint density at radius 2 is 2.44 bits per heavy atom. The largest absolute Gasteiger partial charge is 0.495 e. The van der Waals surface area contributed by atoms with Crippen LogP contribution in [0.4, 0.5) is 5.69 Å². The second kappa shape index (κ2) is 5.41. The first-order chi connectivity index (χ1) is 7.79. The molecule has 88 valence electrons. The van der Waals surface area contributed by atoms with Crippen LogP contribution in [0.1, 0.15) is 12.8 Å². The molecule has 1 unspecified atom stereocenters. The van der Waals surface area contributed by atoms with Gasteiger partial charge in [0.1, 0.15) is 5.75 Å². The molecule has 1 aliphatic heterocycles. The van der Waals surface area contributed by atoms with Gasteiger partial charge in [0, 0.05) is 18.8 Å². The molecule has 0 amide bonds. The molecule has 1 aromatic rings. The smallest absolute Gasteiger partial charge is 0.137 e. The fourth-order valence-electron chi connectivity index (χ4n) is 1.81. The lowest BCUT2D eigenvalue weighted by Crippen LogP contribution is -2.18. The summed E-state index contributed by atoms with van der Waals surface area (Å²) in [5.74, 6) is 0.698. The van der Waals surface area contributed by atoms with E-state index in [-0.39, 0.29) is 0 Å². The van der Waals surface area contributed by atoms with Gasteiger partial charge in [-0.2, -0.15) is 0 Å². The van der Waals surface area contributed by atoms with Crippen molar-refractivity contribution in [3.63, 3.8) is 0 Å². The average Bonchev–Trinajstić information content (AvgIpc) is 2.79. The van der Waals surface area contributed by atoms with Crippen molar-refractivity contribution < 1.29 is 9.47 Å². The van der Waals surface area contributed by atoms with Crippen molar-refractivity contribution in [1.29, 1.82) is 0 Å². The Morgan fingerprint density at radius 1 is 1.56 bits per heavy atom. The van der Waals surface area contributed by atoms with E-state index >= 15 is 0 Å². The van der Waals surface area contributed by atoms with Crippen LogP contribution >= 0.6 is 11.6 Å². The first kappa shape index (κ1) is 11.6. The van der Waals surface area contributed by atoms with E-state index in [2.05, 4.69) is 5.32 Å². The van der Waals surface area contributed by atoms with Gasteiger partial charge >= 0.3 is 0 Å². The zero-order chi connectivity index (χ0) is 11.4. The van der Waals surface area contributed by atoms with Crippen molar-refractivity contribution in [1.82, 2.24) is 0 Å². The Hall–Kier alpha value is -0.930. The number of benzene rings is 1. The number of ether oxygens (including phenoxy) is 2. The summed E-state index contributed by atoms with van der Waals surface area (Å²) < 4.78 is 10.6. The van der Waals surface area contributed by atoms with Crippen LogP contribution in [-0.4, -0.2) is 26.4 Å². The molecular formula is C12H16ClNO2. The fourth-order valence-corrected chi connectivity index (χ4v) is 2.07. The maximum Gasteiger partial charge on any atom is 0.137 e. The maximum atomic E-state index is 6.03. The maximum absolute atomic E-state index is 6.03. The van der Waals surface area contributed by atoms with Gasteiger partial charge in [0.25, 0.3) is 0 Å². The van der Waals surface area contributed by atoms with Gasteiger partial charge in [-0.1, -0.05) is 11.6 Å². The first-order valence-corrected chi connectivity index (χ1v) is 5.86. The molecule has 1 heterocycles. The van der Waals surface area contributed by atoms with E-state index in [9.17, 15) is 0 Å². The molecule has 0 aromatic heterocycles. The Bertz CT molecular complexity index is 351. The summed E-state index contributed by atoms with van der Waals surface area (Å²) in [6.07, 6.45) is 2.63. The topological polar surface area (TPSA) is 30.5 Å². The van der Waals surface area contributed by atoms with Crippen molar-refractivity contribution in [2.24, 2.45) is 0 Å². The van der Waals surface area contributed by atoms with Crippen LogP contribution in [0.15, 0.2) is 18.2 Å². The predicted octanol–water partition coefficient (Wildman–Crippen LogP) is 2.94. The summed E-state index contributed by atoms with van der Waals surface area (Å²) in [7, 11) is 1.61. The van der Waals surface area contributed by atoms with Crippen molar-refractivity contribution >= 4 is 17.3 Å². The van der Waals surface area contributed by atoms with Crippen LogP contribution in [0.3, 0.4) is 0 Å². The molecule has 0 spiro atoms. The van der Waals surface area contributed by atoms with E-state index in [1.54, 1.807) is 7.11 Å². The van der Waals surface area contributed by atoms with Gasteiger partial charge in [-0.15, -0.1) is 0 Å². The summed E-state index contributed by atoms with van der Waals surface area (Å²) in [5.41, 5.74) is 1.00. The van der Waals surface area contributed by atoms with E-state index in [4.69, 9.17) is 21.1 Å². The average molecular weight is 242 g/mol. The minimum absolute atomic E-state index is 0.334. The monoisotopic (exact) mass is 241 g/mol. The van der Waals surface area contributed by atoms with E-state index in [0.29, 0.717) is 16.9 Å². The SMILES string of the molecule is COc1ccc(NCC2CCCO2)cc1Cl. The molecule has 4 heteroatoms. The zero-order valence-corrected chi connectivity index (χ0v) is 10.1. The van der Waals surface area contributed by atoms with E-state index < -0.39 is 0 Å². The second-order valence-corrected chi connectivity index (χ2v) is 4.27. The van der Waals surface area contributed by atoms with Crippen LogP contribution < -0.4 is 10.1 Å². The quantitative estimate of drug-likeness (QED) is 0.879. The molecule has 0 bridgehead atoms. The number of nitrogens with one attached hydrogen (secondary N) is 1. The lowest BCUT2D eigenvalue weighted by atomic mass is 10.2. The number of rotatable bonds is 4. The van der Waals surface area contributed by atoms with Crippen LogP contribution in [0.2, 0.25) is 5.02 Å². The van der Waals surface area contributed by atoms with Crippen LogP contribution in [0, 0.1) is 0 Å². The van der Waals surface area contributed by atoms with Crippen molar-refractivity contribution in [3.8, 4) is 5.75 Å². The molecule has 1 aromatic carbocycles. The highest BCUT2D eigenvalue weighted by Crippen LogP contribution is 2.27. The Balaban J connectivity index is 1.91. The minimum atomic E-state index is 0.334. The van der Waals surface area contributed by atoms with Gasteiger partial charge < -0.3 is 14.8 Å². The molecule has 0 radical (unpaired) electrons. The van der Waals surface area contributed by atoms with Crippen molar-refractivity contribution in [3.05, 3.63) is 23.2 Å². The first-order valence-electron chi connectivity index (χ1n) is 5.48. The minimum Gasteiger partial charge on any atom is -0.495 e. The van der Waals surface area contributed by atoms with E-state index in [1.165, 1.54) is 0 Å². The normalized spacial score (nSPS) is 19.8. The third-order valence-electron chi connectivity index (χ3n) is 2.71. The number of hydrogen-bond donors (Lipinski definition) is 1. The predicted molar refractivity (Wildman–Crippen MR) is 65.5 cm³/mol. The molecule has 1 atom stereocenters. The standard InChI is InChI=1S/C12H16ClNO2/c1-15-12-5-4-9(7-11(12)13)14-8-10-3-2-6-16-10/h4-5,7,10,14H,2-3,6,8H2,1H3. The molecule has 0 aliphatic carbocycles. The lowest BCUT2D eigenvalue weighted by Gasteiger charge is -2.12. The molecule has 16 heavy (non-hydrogen) atoms. The highest BCUT2D eigenvalue weighted by atomic mass is 35.5. The van der Waals surface area contributed by atoms with Crippen LogP contribution in [-0.2, 0) is 4.74 Å². The molecule has 3 nitrogen and oxygen atoms in total. The summed E-state index contributed by atoms with van der Waals surface area (Å²) >= 11 is 6.03.